The fourth-order valence-electron chi connectivity index (χ4n) is 10.2. The van der Waals surface area contributed by atoms with Gasteiger partial charge in [0.2, 0.25) is 0 Å². The minimum atomic E-state index is 0.713. The van der Waals surface area contributed by atoms with E-state index in [1.54, 1.807) is 22.7 Å². The van der Waals surface area contributed by atoms with Crippen molar-refractivity contribution >= 4 is 56.4 Å². The molecule has 0 aliphatic heterocycles. The molecule has 0 saturated carbocycles. The van der Waals surface area contributed by atoms with Gasteiger partial charge < -0.3 is 9.47 Å². The summed E-state index contributed by atoms with van der Waals surface area (Å²) in [4.78, 5) is 21.1. The van der Waals surface area contributed by atoms with E-state index < -0.39 is 0 Å². The molecular weight excluding hydrogens is 1030 g/mol. The molecule has 0 spiro atoms. The van der Waals surface area contributed by atoms with Crippen LogP contribution in [0, 0.1) is 25.2 Å². The van der Waals surface area contributed by atoms with Gasteiger partial charge in [0.1, 0.15) is 11.5 Å². The van der Waals surface area contributed by atoms with Crippen molar-refractivity contribution in [3.8, 4) is 90.9 Å². The van der Waals surface area contributed by atoms with E-state index in [1.807, 2.05) is 41.7 Å². The first kappa shape index (κ1) is 56.8. The fraction of sp³-hybridized carbons (Fsp3) is 0.377. The Morgan fingerprint density at radius 2 is 0.756 bits per heavy atom. The van der Waals surface area contributed by atoms with Crippen LogP contribution < -0.4 is 9.47 Å². The van der Waals surface area contributed by atoms with Gasteiger partial charge in [-0.25, -0.2) is 9.97 Å². The number of nitriles is 1. The largest absolute Gasteiger partial charge is 0.494 e. The number of benzene rings is 4. The van der Waals surface area contributed by atoms with E-state index in [2.05, 4.69) is 142 Å². The van der Waals surface area contributed by atoms with Gasteiger partial charge in [-0.2, -0.15) is 5.26 Å². The molecular formula is C69H77N3O2S4. The summed E-state index contributed by atoms with van der Waals surface area (Å²) in [5.74, 6) is 1.76. The SMILES string of the molecule is CCCCCCCCCCCCOc1ccc(-c2nc3c(-c4ccc(-c5ccc(C)s5)s4)ccc(-c4ccc(-c5ccc(-c6ccc(C)c(C#N)c6)s5)s4)c3nc2-c2ccc(OCCCCCCCCCCCC)cc2)cc1. The van der Waals surface area contributed by atoms with Crippen LogP contribution in [0.15, 0.2) is 127 Å². The number of aromatic nitrogens is 2. The summed E-state index contributed by atoms with van der Waals surface area (Å²) in [6, 6.07) is 47.8. The normalized spacial score (nSPS) is 11.4. The van der Waals surface area contributed by atoms with Gasteiger partial charge in [-0.1, -0.05) is 154 Å². The second-order valence-corrected chi connectivity index (χ2v) is 25.5. The second-order valence-electron chi connectivity index (χ2n) is 20.9. The number of nitrogens with zero attached hydrogens (tertiary/aromatic N) is 3. The number of unbranched alkanes of at least 4 members (excludes halogenated alkanes) is 18. The molecule has 0 unspecified atom stereocenters. The lowest BCUT2D eigenvalue weighted by atomic mass is 10.0. The summed E-state index contributed by atoms with van der Waals surface area (Å²) in [7, 11) is 0. The topological polar surface area (TPSA) is 68.0 Å². The zero-order valence-electron chi connectivity index (χ0n) is 46.5. The fourth-order valence-corrected chi connectivity index (χ4v) is 14.3. The number of fused-ring (bicyclic) bond motifs is 1. The first-order chi connectivity index (χ1) is 38.4. The van der Waals surface area contributed by atoms with Crippen molar-refractivity contribution in [2.75, 3.05) is 13.2 Å². The first-order valence-electron chi connectivity index (χ1n) is 29.1. The molecule has 0 bridgehead atoms. The lowest BCUT2D eigenvalue weighted by Gasteiger charge is -2.15. The summed E-state index contributed by atoms with van der Waals surface area (Å²) in [6.07, 6.45) is 26.0. The summed E-state index contributed by atoms with van der Waals surface area (Å²) in [6.45, 7) is 10.2. The Hall–Kier alpha value is -5.89. The van der Waals surface area contributed by atoms with Crippen molar-refractivity contribution in [3.63, 3.8) is 0 Å². The Balaban J connectivity index is 1.02. The van der Waals surface area contributed by atoms with Crippen LogP contribution in [0.3, 0.4) is 0 Å². The smallest absolute Gasteiger partial charge is 0.119 e. The molecule has 5 nitrogen and oxygen atoms in total. The standard InChI is InChI=1S/C69H77N3O2S4/c1-5-7-9-11-13-15-17-19-21-23-45-73-55-32-28-51(29-33-55)66-67(52-30-34-56(35-31-52)74-46-24-22-20-18-16-14-12-10-8-6-2)72-69-58(37-36-57(68(69)71-66)60-40-43-63(77-60)62-38-26-50(4)75-62)61-41-44-65(78-61)64-42-39-59(76-64)53-27-25-49(3)54(47-53)48-70/h25-44,47H,5-24,45-46H2,1-4H3. The molecule has 404 valence electrons. The lowest BCUT2D eigenvalue weighted by Crippen LogP contribution is -2.00. The highest BCUT2D eigenvalue weighted by molar-refractivity contribution is 7.25. The van der Waals surface area contributed by atoms with Crippen LogP contribution in [0.4, 0.5) is 0 Å². The maximum absolute atomic E-state index is 9.76. The molecule has 0 aliphatic carbocycles. The van der Waals surface area contributed by atoms with Gasteiger partial charge in [-0.3, -0.25) is 0 Å². The van der Waals surface area contributed by atoms with E-state index in [0.29, 0.717) is 5.56 Å². The first-order valence-corrected chi connectivity index (χ1v) is 32.4. The molecule has 5 aromatic heterocycles. The highest BCUT2D eigenvalue weighted by Crippen LogP contribution is 2.46. The summed E-state index contributed by atoms with van der Waals surface area (Å²) in [5, 5.41) is 9.76. The average molecular weight is 1110 g/mol. The van der Waals surface area contributed by atoms with E-state index in [0.717, 1.165) is 108 Å². The van der Waals surface area contributed by atoms with E-state index in [9.17, 15) is 5.26 Å². The van der Waals surface area contributed by atoms with Gasteiger partial charge >= 0.3 is 0 Å². The van der Waals surface area contributed by atoms with Crippen LogP contribution in [0.1, 0.15) is 158 Å². The van der Waals surface area contributed by atoms with Gasteiger partial charge in [-0.05, 0) is 141 Å². The molecule has 0 N–H and O–H groups in total. The molecule has 9 rings (SSSR count). The predicted molar refractivity (Wildman–Crippen MR) is 338 cm³/mol. The number of aryl methyl sites for hydroxylation is 2. The number of rotatable bonds is 31. The third kappa shape index (κ3) is 15.3. The van der Waals surface area contributed by atoms with E-state index in [4.69, 9.17) is 19.4 Å². The second kappa shape index (κ2) is 29.4. The Bertz CT molecular complexity index is 3330. The Morgan fingerprint density at radius 3 is 1.18 bits per heavy atom. The zero-order valence-corrected chi connectivity index (χ0v) is 49.7. The van der Waals surface area contributed by atoms with Crippen LogP contribution in [0.2, 0.25) is 0 Å². The highest BCUT2D eigenvalue weighted by atomic mass is 32.1. The van der Waals surface area contributed by atoms with Crippen molar-refractivity contribution in [2.45, 2.75) is 156 Å². The van der Waals surface area contributed by atoms with Crippen LogP contribution >= 0.6 is 45.3 Å². The lowest BCUT2D eigenvalue weighted by molar-refractivity contribution is 0.304. The van der Waals surface area contributed by atoms with Crippen molar-refractivity contribution in [1.82, 2.24) is 9.97 Å². The maximum atomic E-state index is 9.76. The van der Waals surface area contributed by atoms with E-state index >= 15 is 0 Å². The molecule has 0 fully saturated rings. The summed E-state index contributed by atoms with van der Waals surface area (Å²) in [5.41, 5.74) is 10.3. The summed E-state index contributed by atoms with van der Waals surface area (Å²) < 4.78 is 12.7. The predicted octanol–water partition coefficient (Wildman–Crippen LogP) is 22.6. The van der Waals surface area contributed by atoms with Crippen molar-refractivity contribution in [2.24, 2.45) is 0 Å². The molecule has 0 radical (unpaired) electrons. The Labute approximate surface area is 481 Å². The molecule has 0 atom stereocenters. The maximum Gasteiger partial charge on any atom is 0.119 e. The van der Waals surface area contributed by atoms with Crippen LogP contribution in [0.25, 0.3) is 84.4 Å². The van der Waals surface area contributed by atoms with E-state index in [-0.39, 0.29) is 0 Å². The van der Waals surface area contributed by atoms with Crippen molar-refractivity contribution < 1.29 is 9.47 Å². The monoisotopic (exact) mass is 1110 g/mol. The number of thiophene rings is 4. The van der Waals surface area contributed by atoms with Crippen LogP contribution in [0.5, 0.6) is 11.5 Å². The van der Waals surface area contributed by atoms with Crippen LogP contribution in [-0.4, -0.2) is 23.2 Å². The molecule has 4 aromatic carbocycles. The van der Waals surface area contributed by atoms with Gasteiger partial charge in [0, 0.05) is 61.3 Å². The third-order valence-electron chi connectivity index (χ3n) is 14.8. The molecule has 0 aliphatic rings. The molecule has 0 amide bonds. The number of hydrogen-bond donors (Lipinski definition) is 0. The molecule has 5 heterocycles. The third-order valence-corrected chi connectivity index (χ3v) is 19.6. The minimum absolute atomic E-state index is 0.713. The highest BCUT2D eigenvalue weighted by Gasteiger charge is 2.22. The molecule has 9 aromatic rings. The van der Waals surface area contributed by atoms with Gasteiger partial charge in [0.15, 0.2) is 0 Å². The molecule has 0 saturated heterocycles. The quantitative estimate of drug-likeness (QED) is 0.0405. The van der Waals surface area contributed by atoms with Gasteiger partial charge in [0.05, 0.1) is 47.3 Å². The molecule has 9 heteroatoms. The summed E-state index contributed by atoms with van der Waals surface area (Å²) >= 11 is 7.18. The van der Waals surface area contributed by atoms with Crippen molar-refractivity contribution in [3.05, 3.63) is 143 Å². The molecule has 78 heavy (non-hydrogen) atoms. The zero-order chi connectivity index (χ0) is 53.9. The van der Waals surface area contributed by atoms with Crippen molar-refractivity contribution in [1.29, 1.82) is 5.26 Å². The average Bonchev–Trinajstić information content (AvgIpc) is 4.41. The minimum Gasteiger partial charge on any atom is -0.494 e. The van der Waals surface area contributed by atoms with Crippen LogP contribution in [-0.2, 0) is 0 Å². The van der Waals surface area contributed by atoms with Gasteiger partial charge in [0.25, 0.3) is 0 Å². The number of hydrogen-bond acceptors (Lipinski definition) is 9. The van der Waals surface area contributed by atoms with E-state index in [1.165, 1.54) is 140 Å². The van der Waals surface area contributed by atoms with Gasteiger partial charge in [-0.15, -0.1) is 45.3 Å². The number of ether oxygens (including phenoxy) is 2. The Kier molecular flexibility index (Phi) is 21.4. The Morgan fingerprint density at radius 1 is 0.385 bits per heavy atom.